The van der Waals surface area contributed by atoms with Crippen LogP contribution in [0.2, 0.25) is 0 Å². The Kier molecular flexibility index (Phi) is 5.87. The minimum atomic E-state index is 0.601. The third-order valence-electron chi connectivity index (χ3n) is 6.26. The Bertz CT molecular complexity index is 1270. The number of aryl methyl sites for hydroxylation is 2. The summed E-state index contributed by atoms with van der Waals surface area (Å²) in [6, 6.07) is 5.86. The first kappa shape index (κ1) is 21.3. The van der Waals surface area contributed by atoms with Crippen molar-refractivity contribution < 1.29 is 0 Å². The monoisotopic (exact) mass is 443 g/mol. The van der Waals surface area contributed by atoms with Gasteiger partial charge in [0.25, 0.3) is 0 Å². The summed E-state index contributed by atoms with van der Waals surface area (Å²) in [4.78, 5) is 11.9. The molecular weight excluding hydrogens is 414 g/mol. The van der Waals surface area contributed by atoms with Crippen LogP contribution in [0.1, 0.15) is 30.5 Å². The van der Waals surface area contributed by atoms with Crippen LogP contribution >= 0.6 is 0 Å². The lowest BCUT2D eigenvalue weighted by atomic mass is 10.1. The van der Waals surface area contributed by atoms with Gasteiger partial charge in [-0.2, -0.15) is 10.2 Å². The van der Waals surface area contributed by atoms with Crippen molar-refractivity contribution in [2.24, 2.45) is 0 Å². The molecule has 0 amide bonds. The largest absolute Gasteiger partial charge is 0.397 e. The highest BCUT2D eigenvalue weighted by Gasteiger charge is 2.12. The molecule has 9 heteroatoms. The quantitative estimate of drug-likeness (QED) is 0.445. The van der Waals surface area contributed by atoms with Crippen LogP contribution in [0.25, 0.3) is 22.2 Å². The first-order chi connectivity index (χ1) is 16.1. The average molecular weight is 444 g/mol. The van der Waals surface area contributed by atoms with E-state index in [2.05, 4.69) is 36.7 Å². The molecule has 0 bridgehead atoms. The summed E-state index contributed by atoms with van der Waals surface area (Å²) in [6.07, 6.45) is 9.63. The van der Waals surface area contributed by atoms with Crippen molar-refractivity contribution in [3.05, 3.63) is 48.0 Å². The molecule has 0 radical (unpaired) electrons. The van der Waals surface area contributed by atoms with Crippen molar-refractivity contribution in [3.8, 4) is 11.1 Å². The Morgan fingerprint density at radius 3 is 2.70 bits per heavy atom. The van der Waals surface area contributed by atoms with Gasteiger partial charge in [0, 0.05) is 35.6 Å². The van der Waals surface area contributed by atoms with Gasteiger partial charge in [-0.25, -0.2) is 4.98 Å². The highest BCUT2D eigenvalue weighted by atomic mass is 15.3. The Morgan fingerprint density at radius 2 is 1.85 bits per heavy atom. The van der Waals surface area contributed by atoms with Gasteiger partial charge < -0.3 is 16.0 Å². The number of nitrogen functional groups attached to an aromatic ring is 1. The van der Waals surface area contributed by atoms with E-state index < -0.39 is 0 Å². The van der Waals surface area contributed by atoms with Gasteiger partial charge in [-0.3, -0.25) is 9.67 Å². The zero-order valence-electron chi connectivity index (χ0n) is 19.1. The maximum absolute atomic E-state index is 6.09. The molecule has 5 rings (SSSR count). The summed E-state index contributed by atoms with van der Waals surface area (Å²) in [5, 5.41) is 16.1. The Balaban J connectivity index is 1.32. The molecule has 1 aliphatic rings. The molecule has 3 N–H and O–H groups in total. The summed E-state index contributed by atoms with van der Waals surface area (Å²) in [7, 11) is 0. The highest BCUT2D eigenvalue weighted by Crippen LogP contribution is 2.25. The molecule has 1 saturated heterocycles. The van der Waals surface area contributed by atoms with Crippen LogP contribution in [0.3, 0.4) is 0 Å². The SMILES string of the molecule is Cc1nnc(Nc2ccc3ncc(-c4cnn(CCCN5CCCC5)c4)cc3n2)c(C)c1N. The van der Waals surface area contributed by atoms with Crippen LogP contribution in [-0.4, -0.2) is 54.5 Å². The van der Waals surface area contributed by atoms with Gasteiger partial charge >= 0.3 is 0 Å². The van der Waals surface area contributed by atoms with E-state index >= 15 is 0 Å². The van der Waals surface area contributed by atoms with E-state index in [0.717, 1.165) is 52.9 Å². The smallest absolute Gasteiger partial charge is 0.159 e. The molecule has 1 fully saturated rings. The van der Waals surface area contributed by atoms with Crippen molar-refractivity contribution in [1.29, 1.82) is 0 Å². The topological polar surface area (TPSA) is 111 Å². The standard InChI is InChI=1S/C24H29N9/c1-16-23(25)17(2)30-31-24(16)29-22-7-6-20-21(28-22)12-18(13-26-20)19-14-27-33(15-19)11-5-10-32-8-3-4-9-32/h6-7,12-15H,3-5,8-11H2,1-2H3,(H3,25,28,29,31). The van der Waals surface area contributed by atoms with E-state index in [4.69, 9.17) is 10.7 Å². The molecule has 0 unspecified atom stereocenters. The molecule has 0 spiro atoms. The number of nitrogens with two attached hydrogens (primary N) is 1. The number of rotatable bonds is 7. The van der Waals surface area contributed by atoms with Crippen LogP contribution in [0.5, 0.6) is 0 Å². The summed E-state index contributed by atoms with van der Waals surface area (Å²) in [5.74, 6) is 1.27. The number of hydrogen-bond donors (Lipinski definition) is 2. The van der Waals surface area contributed by atoms with Gasteiger partial charge in [-0.15, -0.1) is 5.10 Å². The van der Waals surface area contributed by atoms with Gasteiger partial charge in [0.15, 0.2) is 5.82 Å². The van der Waals surface area contributed by atoms with Crippen molar-refractivity contribution in [2.75, 3.05) is 30.7 Å². The number of pyridine rings is 2. The number of nitrogens with zero attached hydrogens (tertiary/aromatic N) is 7. The fourth-order valence-corrected chi connectivity index (χ4v) is 4.22. The van der Waals surface area contributed by atoms with Gasteiger partial charge in [-0.1, -0.05) is 0 Å². The van der Waals surface area contributed by atoms with Gasteiger partial charge in [0.05, 0.1) is 28.6 Å². The summed E-state index contributed by atoms with van der Waals surface area (Å²) in [5.41, 5.74) is 12.0. The number of hydrogen-bond acceptors (Lipinski definition) is 8. The Labute approximate surface area is 193 Å². The van der Waals surface area contributed by atoms with Gasteiger partial charge in [0.2, 0.25) is 0 Å². The molecule has 9 nitrogen and oxygen atoms in total. The van der Waals surface area contributed by atoms with Crippen molar-refractivity contribution in [1.82, 2.24) is 34.8 Å². The molecule has 4 aromatic heterocycles. The molecule has 170 valence electrons. The zero-order chi connectivity index (χ0) is 22.8. The van der Waals surface area contributed by atoms with E-state index in [9.17, 15) is 0 Å². The first-order valence-corrected chi connectivity index (χ1v) is 11.5. The lowest BCUT2D eigenvalue weighted by Crippen LogP contribution is -2.21. The minimum absolute atomic E-state index is 0.601. The van der Waals surface area contributed by atoms with Crippen molar-refractivity contribution in [2.45, 2.75) is 39.7 Å². The number of nitrogens with one attached hydrogen (secondary N) is 1. The molecule has 0 aromatic carbocycles. The van der Waals surface area contributed by atoms with Crippen LogP contribution in [0.15, 0.2) is 36.8 Å². The summed E-state index contributed by atoms with van der Waals surface area (Å²) < 4.78 is 2.02. The van der Waals surface area contributed by atoms with E-state index in [0.29, 0.717) is 17.3 Å². The molecular formula is C24H29N9. The van der Waals surface area contributed by atoms with Crippen LogP contribution in [-0.2, 0) is 6.54 Å². The Morgan fingerprint density at radius 1 is 1.00 bits per heavy atom. The highest BCUT2D eigenvalue weighted by molar-refractivity contribution is 5.82. The summed E-state index contributed by atoms with van der Waals surface area (Å²) >= 11 is 0. The maximum Gasteiger partial charge on any atom is 0.159 e. The molecule has 0 saturated carbocycles. The first-order valence-electron chi connectivity index (χ1n) is 11.5. The fraction of sp³-hybridized carbons (Fsp3) is 0.375. The van der Waals surface area contributed by atoms with E-state index in [1.54, 1.807) is 0 Å². The van der Waals surface area contributed by atoms with E-state index in [1.807, 2.05) is 49.1 Å². The number of fused-ring (bicyclic) bond motifs is 1. The van der Waals surface area contributed by atoms with Crippen LogP contribution in [0, 0.1) is 13.8 Å². The van der Waals surface area contributed by atoms with Crippen molar-refractivity contribution in [3.63, 3.8) is 0 Å². The second-order valence-corrected chi connectivity index (χ2v) is 8.65. The van der Waals surface area contributed by atoms with Crippen molar-refractivity contribution >= 4 is 28.4 Å². The maximum atomic E-state index is 6.09. The zero-order valence-corrected chi connectivity index (χ0v) is 19.1. The molecule has 0 aliphatic carbocycles. The molecule has 5 heterocycles. The average Bonchev–Trinajstić information content (AvgIpc) is 3.52. The number of likely N-dealkylation sites (tertiary alicyclic amines) is 1. The minimum Gasteiger partial charge on any atom is -0.397 e. The van der Waals surface area contributed by atoms with Gasteiger partial charge in [0.1, 0.15) is 5.82 Å². The van der Waals surface area contributed by atoms with Gasteiger partial charge in [-0.05, 0) is 70.9 Å². The number of aromatic nitrogens is 6. The molecule has 33 heavy (non-hydrogen) atoms. The lowest BCUT2D eigenvalue weighted by molar-refractivity contribution is 0.322. The second kappa shape index (κ2) is 9.11. The lowest BCUT2D eigenvalue weighted by Gasteiger charge is -2.13. The normalized spacial score (nSPS) is 14.2. The fourth-order valence-electron chi connectivity index (χ4n) is 4.22. The summed E-state index contributed by atoms with van der Waals surface area (Å²) in [6.45, 7) is 8.30. The number of anilines is 3. The Hall–Kier alpha value is -3.59. The predicted octanol–water partition coefficient (Wildman–Crippen LogP) is 3.71. The van der Waals surface area contributed by atoms with Crippen LogP contribution in [0.4, 0.5) is 17.3 Å². The molecule has 4 aromatic rings. The van der Waals surface area contributed by atoms with Crippen LogP contribution < -0.4 is 11.1 Å². The molecule has 1 aliphatic heterocycles. The second-order valence-electron chi connectivity index (χ2n) is 8.65. The predicted molar refractivity (Wildman–Crippen MR) is 130 cm³/mol. The van der Waals surface area contributed by atoms with E-state index in [1.165, 1.54) is 25.9 Å². The van der Waals surface area contributed by atoms with E-state index in [-0.39, 0.29) is 0 Å². The molecule has 0 atom stereocenters. The third kappa shape index (κ3) is 4.63. The third-order valence-corrected chi connectivity index (χ3v) is 6.26.